The van der Waals surface area contributed by atoms with E-state index in [1.165, 1.54) is 32.2 Å². The Bertz CT molecular complexity index is 1460. The van der Waals surface area contributed by atoms with E-state index in [4.69, 9.17) is 17.0 Å². The Balaban J connectivity index is 1.90. The normalized spacial score (nSPS) is 12.2. The number of hydrogen-bond donors (Lipinski definition) is 2. The molecule has 0 amide bonds. The van der Waals surface area contributed by atoms with Gasteiger partial charge in [0.2, 0.25) is 0 Å². The van der Waals surface area contributed by atoms with E-state index in [-0.39, 0.29) is 6.07 Å². The molecule has 0 aliphatic rings. The lowest BCUT2D eigenvalue weighted by Gasteiger charge is -2.26. The fraction of sp³-hybridized carbons (Fsp3) is 0.367. The van der Waals surface area contributed by atoms with Crippen molar-refractivity contribution in [2.75, 3.05) is 30.3 Å². The highest BCUT2D eigenvalue weighted by atomic mass is 32.1. The lowest BCUT2D eigenvalue weighted by molar-refractivity contribution is -0.143. The summed E-state index contributed by atoms with van der Waals surface area (Å²) in [5, 5.41) is 6.49. The van der Waals surface area contributed by atoms with Gasteiger partial charge in [0, 0.05) is 19.0 Å². The van der Waals surface area contributed by atoms with Crippen LogP contribution in [0.15, 0.2) is 48.7 Å². The molecule has 3 aromatic rings. The summed E-state index contributed by atoms with van der Waals surface area (Å²) in [6, 6.07) is 6.97. The van der Waals surface area contributed by atoms with Gasteiger partial charge in [-0.15, -0.1) is 0 Å². The Morgan fingerprint density at radius 1 is 0.907 bits per heavy atom. The second kappa shape index (κ2) is 13.3. The quantitative estimate of drug-likeness (QED) is 0.126. The summed E-state index contributed by atoms with van der Waals surface area (Å²) >= 11 is 4.88. The molecule has 3 rings (SSSR count). The number of nitrogens with zero attached hydrogens (tertiary/aromatic N) is 1. The van der Waals surface area contributed by atoms with Gasteiger partial charge in [0.05, 0.1) is 41.6 Å². The van der Waals surface area contributed by atoms with Gasteiger partial charge >= 0.3 is 12.4 Å². The molecule has 0 radical (unpaired) electrons. The molecular formula is C30H30F7N3O2S. The average Bonchev–Trinajstić information content (AvgIpc) is 2.90. The molecule has 2 aromatic carbocycles. The van der Waals surface area contributed by atoms with E-state index < -0.39 is 52.6 Å². The van der Waals surface area contributed by atoms with Crippen LogP contribution in [0.4, 0.5) is 42.2 Å². The minimum Gasteiger partial charge on any atom is -0.487 e. The molecule has 232 valence electrons. The number of pyridine rings is 1. The van der Waals surface area contributed by atoms with Gasteiger partial charge in [-0.25, -0.2) is 9.37 Å². The molecule has 0 aliphatic heterocycles. The molecule has 0 bridgehead atoms. The molecule has 1 aromatic heterocycles. The van der Waals surface area contributed by atoms with E-state index in [0.29, 0.717) is 65.0 Å². The summed E-state index contributed by atoms with van der Waals surface area (Å²) in [5.74, 6) is -0.648. The fourth-order valence-corrected chi connectivity index (χ4v) is 4.31. The summed E-state index contributed by atoms with van der Waals surface area (Å²) < 4.78 is 99.7. The molecule has 0 spiro atoms. The number of benzene rings is 2. The number of rotatable bonds is 11. The standard InChI is InChI=1S/C30H30F7N3O2S/c1-17-10-22(31)6-7-23(17)24-14-27(38-8-5-9-42-18(2)43)40-15-25(24)39-16-26(41)28(3,4)19-11-20(29(32,33)34)13-21(12-19)30(35,36)37/h6-7,10-15,39H,5,8-9,16H2,1-4H3,(H,38,40). The van der Waals surface area contributed by atoms with Crippen LogP contribution in [0.3, 0.4) is 0 Å². The number of hydrogen-bond acceptors (Lipinski definition) is 6. The smallest absolute Gasteiger partial charge is 0.416 e. The number of alkyl halides is 6. The molecule has 2 N–H and O–H groups in total. The highest BCUT2D eigenvalue weighted by molar-refractivity contribution is 7.80. The van der Waals surface area contributed by atoms with Crippen molar-refractivity contribution in [3.05, 3.63) is 76.7 Å². The van der Waals surface area contributed by atoms with Crippen molar-refractivity contribution in [1.29, 1.82) is 0 Å². The molecule has 0 aliphatic carbocycles. The first-order chi connectivity index (χ1) is 19.9. The maximum atomic E-state index is 13.8. The lowest BCUT2D eigenvalue weighted by Crippen LogP contribution is -2.35. The molecule has 1 heterocycles. The van der Waals surface area contributed by atoms with Gasteiger partial charge in [0.1, 0.15) is 11.6 Å². The number of thiocarbonyl (C=S) groups is 1. The summed E-state index contributed by atoms with van der Waals surface area (Å²) in [7, 11) is 0. The van der Waals surface area contributed by atoms with Crippen molar-refractivity contribution >= 4 is 34.6 Å². The van der Waals surface area contributed by atoms with Crippen LogP contribution < -0.4 is 10.6 Å². The number of ether oxygens (including phenoxy) is 1. The Hall–Kier alpha value is -3.74. The van der Waals surface area contributed by atoms with Crippen LogP contribution in [0.2, 0.25) is 0 Å². The Labute approximate surface area is 249 Å². The summed E-state index contributed by atoms with van der Waals surface area (Å²) in [4.78, 5) is 17.7. The minimum absolute atomic E-state index is 0.0204. The number of anilines is 2. The van der Waals surface area contributed by atoms with E-state index in [1.807, 2.05) is 0 Å². The van der Waals surface area contributed by atoms with Gasteiger partial charge in [-0.2, -0.15) is 26.3 Å². The highest BCUT2D eigenvalue weighted by Crippen LogP contribution is 2.39. The van der Waals surface area contributed by atoms with E-state index in [9.17, 15) is 35.5 Å². The third kappa shape index (κ3) is 8.88. The monoisotopic (exact) mass is 629 g/mol. The van der Waals surface area contributed by atoms with Crippen LogP contribution in [0, 0.1) is 12.7 Å². The minimum atomic E-state index is -5.05. The zero-order valence-corrected chi connectivity index (χ0v) is 24.6. The molecule has 0 atom stereocenters. The number of ketones is 1. The second-order valence-corrected chi connectivity index (χ2v) is 11.0. The molecule has 0 saturated carbocycles. The number of halogens is 7. The van der Waals surface area contributed by atoms with E-state index in [2.05, 4.69) is 15.6 Å². The van der Waals surface area contributed by atoms with Crippen LogP contribution >= 0.6 is 12.2 Å². The maximum absolute atomic E-state index is 13.8. The fourth-order valence-electron chi connectivity index (χ4n) is 4.22. The second-order valence-electron chi connectivity index (χ2n) is 10.4. The molecule has 43 heavy (non-hydrogen) atoms. The maximum Gasteiger partial charge on any atom is 0.416 e. The van der Waals surface area contributed by atoms with Crippen LogP contribution in [0.1, 0.15) is 49.4 Å². The van der Waals surface area contributed by atoms with Crippen LogP contribution in [-0.2, 0) is 27.3 Å². The largest absolute Gasteiger partial charge is 0.487 e. The van der Waals surface area contributed by atoms with Gasteiger partial charge in [0.25, 0.3) is 0 Å². The van der Waals surface area contributed by atoms with Crippen LogP contribution in [0.5, 0.6) is 0 Å². The first-order valence-electron chi connectivity index (χ1n) is 13.1. The number of carbonyl (C=O) groups excluding carboxylic acids is 1. The van der Waals surface area contributed by atoms with Crippen molar-refractivity contribution in [3.63, 3.8) is 0 Å². The van der Waals surface area contributed by atoms with Gasteiger partial charge in [-0.05, 0) is 92.5 Å². The molecule has 13 heteroatoms. The predicted octanol–water partition coefficient (Wildman–Crippen LogP) is 8.36. The topological polar surface area (TPSA) is 63.2 Å². The predicted molar refractivity (Wildman–Crippen MR) is 155 cm³/mol. The van der Waals surface area contributed by atoms with E-state index in [1.54, 1.807) is 26.0 Å². The number of aryl methyl sites for hydroxylation is 1. The van der Waals surface area contributed by atoms with E-state index >= 15 is 0 Å². The first-order valence-corrected chi connectivity index (χ1v) is 13.5. The van der Waals surface area contributed by atoms with Gasteiger partial charge in [-0.1, -0.05) is 6.07 Å². The summed E-state index contributed by atoms with van der Waals surface area (Å²) in [6.07, 6.45) is -8.04. The van der Waals surface area contributed by atoms with Gasteiger partial charge in [0.15, 0.2) is 10.8 Å². The SMILES string of the molecule is CC(=S)OCCCNc1cc(-c2ccc(F)cc2C)c(NCC(=O)C(C)(C)c2cc(C(F)(F)F)cc(C(F)(F)F)c2)cn1. The zero-order valence-electron chi connectivity index (χ0n) is 23.8. The zero-order chi connectivity index (χ0) is 32.2. The molecule has 5 nitrogen and oxygen atoms in total. The average molecular weight is 630 g/mol. The van der Waals surface area contributed by atoms with Gasteiger partial charge < -0.3 is 15.4 Å². The number of nitrogens with one attached hydrogen (secondary N) is 2. The highest BCUT2D eigenvalue weighted by Gasteiger charge is 2.40. The van der Waals surface area contributed by atoms with E-state index in [0.717, 1.165) is 0 Å². The number of aromatic nitrogens is 1. The molecule has 0 fully saturated rings. The van der Waals surface area contributed by atoms with Crippen LogP contribution in [-0.4, -0.2) is 35.5 Å². The van der Waals surface area contributed by atoms with Gasteiger partial charge in [-0.3, -0.25) is 4.79 Å². The number of carbonyl (C=O) groups is 1. The summed E-state index contributed by atoms with van der Waals surface area (Å²) in [6.45, 7) is 6.34. The van der Waals surface area contributed by atoms with Crippen LogP contribution in [0.25, 0.3) is 11.1 Å². The van der Waals surface area contributed by atoms with Crippen molar-refractivity contribution in [1.82, 2.24) is 4.98 Å². The Kier molecular flexibility index (Phi) is 10.4. The van der Waals surface area contributed by atoms with Crippen molar-refractivity contribution in [3.8, 4) is 11.1 Å². The van der Waals surface area contributed by atoms with Crippen molar-refractivity contribution in [2.45, 2.75) is 51.9 Å². The molecule has 0 unspecified atom stereocenters. The Morgan fingerprint density at radius 2 is 1.51 bits per heavy atom. The first kappa shape index (κ1) is 33.8. The van der Waals surface area contributed by atoms with Crippen molar-refractivity contribution in [2.24, 2.45) is 0 Å². The molecular weight excluding hydrogens is 599 g/mol. The molecule has 0 saturated heterocycles. The Morgan fingerprint density at radius 3 is 2.07 bits per heavy atom. The summed E-state index contributed by atoms with van der Waals surface area (Å²) in [5.41, 5.74) is -3.06. The third-order valence-electron chi connectivity index (χ3n) is 6.76. The van der Waals surface area contributed by atoms with Crippen molar-refractivity contribution < 1.29 is 40.3 Å². The third-order valence-corrected chi connectivity index (χ3v) is 6.88. The lowest BCUT2D eigenvalue weighted by atomic mass is 9.79. The number of Topliss-reactive ketones (excluding diaryl/α,β-unsaturated/α-hetero) is 1.